The summed E-state index contributed by atoms with van der Waals surface area (Å²) < 4.78 is 11.2. The zero-order valence-corrected chi connectivity index (χ0v) is 14.7. The van der Waals surface area contributed by atoms with Gasteiger partial charge in [0, 0.05) is 0 Å². The monoisotopic (exact) mass is 315 g/mol. The maximum atomic E-state index is 5.59. The maximum absolute atomic E-state index is 5.59. The molecule has 0 unspecified atom stereocenters. The third-order valence-electron chi connectivity index (χ3n) is 3.14. The van der Waals surface area contributed by atoms with Crippen molar-refractivity contribution in [2.75, 3.05) is 14.2 Å². The molecule has 18 heavy (non-hydrogen) atoms. The second-order valence-corrected chi connectivity index (χ2v) is 5.01. The summed E-state index contributed by atoms with van der Waals surface area (Å²) in [5, 5.41) is 3.33. The molecule has 0 aromatic heterocycles. The number of hydrogen-bond donors (Lipinski definition) is 0. The molecule has 0 bridgehead atoms. The fourth-order valence-corrected chi connectivity index (χ4v) is 3.61. The van der Waals surface area contributed by atoms with Crippen LogP contribution in [0.3, 0.4) is 0 Å². The Morgan fingerprint density at radius 2 is 1.50 bits per heavy atom. The fourth-order valence-electron chi connectivity index (χ4n) is 2.35. The summed E-state index contributed by atoms with van der Waals surface area (Å²) in [6.45, 7) is 2.11. The number of hydrogen-bond acceptors (Lipinski definition) is 2. The Hall–Kier alpha value is -0.787. The Kier molecular flexibility index (Phi) is 5.43. The van der Waals surface area contributed by atoms with Crippen LogP contribution in [0.1, 0.15) is 11.1 Å². The summed E-state index contributed by atoms with van der Waals surface area (Å²) in [4.78, 5) is 0. The van der Waals surface area contributed by atoms with Crippen molar-refractivity contribution in [3.05, 3.63) is 35.4 Å². The van der Waals surface area contributed by atoms with Gasteiger partial charge in [0.15, 0.2) is 0 Å². The van der Waals surface area contributed by atoms with Crippen molar-refractivity contribution >= 4 is 23.2 Å². The molecule has 0 atom stereocenters. The van der Waals surface area contributed by atoms with E-state index >= 15 is 0 Å². The van der Waals surface area contributed by atoms with Gasteiger partial charge in [-0.15, -0.1) is 12.4 Å². The minimum atomic E-state index is 0. The predicted octanol–water partition coefficient (Wildman–Crippen LogP) is 3.63. The standard InChI is InChI=1S/C14H15O2.ClH.Zn/c1-9-10(2)14(16-4)12-8-6-5-7-11(12)13(9)15-3;;/h5-8H,1H2,2-4H3;1H;. The van der Waals surface area contributed by atoms with Gasteiger partial charge >= 0.3 is 112 Å². The van der Waals surface area contributed by atoms with E-state index in [1.54, 1.807) is 14.2 Å². The first-order valence-electron chi connectivity index (χ1n) is 5.66. The Labute approximate surface area is 124 Å². The Morgan fingerprint density at radius 1 is 1.00 bits per heavy atom. The molecular weight excluding hydrogens is 301 g/mol. The summed E-state index contributed by atoms with van der Waals surface area (Å²) in [6, 6.07) is 8.24. The van der Waals surface area contributed by atoms with Crippen LogP contribution < -0.4 is 9.47 Å². The van der Waals surface area contributed by atoms with Crippen molar-refractivity contribution in [2.24, 2.45) is 0 Å². The van der Waals surface area contributed by atoms with E-state index in [4.69, 9.17) is 9.47 Å². The SMILES string of the molecule is COc1c(C)c([CH2][Zn])c(OC)c2ccccc12.Cl. The van der Waals surface area contributed by atoms with Gasteiger partial charge in [-0.05, 0) is 0 Å². The molecule has 0 saturated carbocycles. The first-order valence-corrected chi connectivity index (χ1v) is 7.75. The summed E-state index contributed by atoms with van der Waals surface area (Å²) in [5.74, 6) is 1.98. The van der Waals surface area contributed by atoms with Crippen molar-refractivity contribution < 1.29 is 27.8 Å². The van der Waals surface area contributed by atoms with E-state index in [9.17, 15) is 0 Å². The van der Waals surface area contributed by atoms with E-state index in [0.717, 1.165) is 27.3 Å². The molecule has 0 aliphatic carbocycles. The van der Waals surface area contributed by atoms with Gasteiger partial charge < -0.3 is 0 Å². The summed E-state index contributed by atoms with van der Waals surface area (Å²) >= 11 is 1.22. The first-order chi connectivity index (χ1) is 8.24. The summed E-state index contributed by atoms with van der Waals surface area (Å²) in [6.07, 6.45) is 0. The number of ether oxygens (including phenoxy) is 2. The van der Waals surface area contributed by atoms with Crippen molar-refractivity contribution in [1.29, 1.82) is 0 Å². The Bertz CT molecular complexity index is 555. The van der Waals surface area contributed by atoms with Crippen LogP contribution >= 0.6 is 12.4 Å². The van der Waals surface area contributed by atoms with Crippen LogP contribution in [0, 0.1) is 6.92 Å². The molecule has 0 radical (unpaired) electrons. The number of rotatable bonds is 3. The average Bonchev–Trinajstić information content (AvgIpc) is 2.37. The molecule has 0 aliphatic rings. The van der Waals surface area contributed by atoms with Crippen LogP contribution in [0.15, 0.2) is 24.3 Å². The van der Waals surface area contributed by atoms with Crippen LogP contribution in [-0.4, -0.2) is 14.2 Å². The molecule has 0 amide bonds. The minimum Gasteiger partial charge on any atom is -0.147 e. The smallest absolute Gasteiger partial charge is 0.147 e. The fraction of sp³-hybridized carbons (Fsp3) is 0.286. The van der Waals surface area contributed by atoms with Crippen molar-refractivity contribution in [3.63, 3.8) is 0 Å². The molecule has 2 nitrogen and oxygen atoms in total. The topological polar surface area (TPSA) is 18.5 Å². The molecule has 0 N–H and O–H groups in total. The molecule has 4 heteroatoms. The maximum Gasteiger partial charge on any atom is -0.147 e. The van der Waals surface area contributed by atoms with Gasteiger partial charge in [-0.3, -0.25) is 0 Å². The van der Waals surface area contributed by atoms with Crippen LogP contribution in [0.25, 0.3) is 10.8 Å². The zero-order chi connectivity index (χ0) is 12.4. The number of methoxy groups -OCH3 is 2. The average molecular weight is 317 g/mol. The molecular formula is C14H16ClO2Zn. The number of fused-ring (bicyclic) bond motifs is 1. The van der Waals surface area contributed by atoms with Crippen molar-refractivity contribution in [3.8, 4) is 11.5 Å². The normalized spacial score (nSPS) is 10.1. The quantitative estimate of drug-likeness (QED) is 0.805. The Balaban J connectivity index is 0.00000162. The van der Waals surface area contributed by atoms with E-state index in [1.807, 2.05) is 12.1 Å². The van der Waals surface area contributed by atoms with Crippen molar-refractivity contribution in [1.82, 2.24) is 0 Å². The third kappa shape index (κ3) is 2.34. The first kappa shape index (κ1) is 15.3. The molecule has 2 aromatic carbocycles. The number of halogens is 1. The van der Waals surface area contributed by atoms with Crippen LogP contribution in [-0.2, 0) is 23.3 Å². The van der Waals surface area contributed by atoms with Gasteiger partial charge in [-0.2, -0.15) is 0 Å². The zero-order valence-electron chi connectivity index (χ0n) is 10.9. The van der Waals surface area contributed by atoms with Crippen molar-refractivity contribution in [2.45, 2.75) is 11.9 Å². The molecule has 0 heterocycles. The number of benzene rings is 2. The largest absolute Gasteiger partial charge is 0.147 e. The second kappa shape index (κ2) is 6.40. The molecule has 93 valence electrons. The van der Waals surface area contributed by atoms with E-state index in [1.165, 1.54) is 29.4 Å². The molecule has 0 fully saturated rings. The van der Waals surface area contributed by atoms with Crippen LogP contribution in [0.2, 0.25) is 0 Å². The van der Waals surface area contributed by atoms with E-state index in [2.05, 4.69) is 19.1 Å². The van der Waals surface area contributed by atoms with Gasteiger partial charge in [0.25, 0.3) is 0 Å². The molecule has 0 saturated heterocycles. The van der Waals surface area contributed by atoms with Gasteiger partial charge in [-0.1, -0.05) is 0 Å². The van der Waals surface area contributed by atoms with Gasteiger partial charge in [0.1, 0.15) is 0 Å². The molecule has 2 rings (SSSR count). The summed E-state index contributed by atoms with van der Waals surface area (Å²) in [7, 11) is 3.48. The van der Waals surface area contributed by atoms with Gasteiger partial charge in [-0.25, -0.2) is 0 Å². The molecule has 2 aromatic rings. The predicted molar refractivity (Wildman–Crippen MR) is 72.7 cm³/mol. The second-order valence-electron chi connectivity index (χ2n) is 3.97. The third-order valence-corrected chi connectivity index (χ3v) is 4.19. The van der Waals surface area contributed by atoms with Crippen LogP contribution in [0.4, 0.5) is 0 Å². The van der Waals surface area contributed by atoms with E-state index < -0.39 is 0 Å². The van der Waals surface area contributed by atoms with Crippen LogP contribution in [0.5, 0.6) is 11.5 Å². The summed E-state index contributed by atoms with van der Waals surface area (Å²) in [5.41, 5.74) is 2.48. The van der Waals surface area contributed by atoms with Gasteiger partial charge in [0.05, 0.1) is 0 Å². The minimum absolute atomic E-state index is 0. The van der Waals surface area contributed by atoms with E-state index in [-0.39, 0.29) is 12.4 Å². The molecule has 0 aliphatic heterocycles. The Morgan fingerprint density at radius 3 is 1.94 bits per heavy atom. The van der Waals surface area contributed by atoms with Gasteiger partial charge in [0.2, 0.25) is 0 Å². The van der Waals surface area contributed by atoms with E-state index in [0.29, 0.717) is 0 Å². The molecule has 0 spiro atoms.